The SMILES string of the molecule is COc1ccc(C(=O)n2c3c(c4cc(C)ccc42)CC(C(=O)O)CC3)cc1. The van der Waals surface area contributed by atoms with Gasteiger partial charge in [0.15, 0.2) is 0 Å². The smallest absolute Gasteiger partial charge is 0.306 e. The predicted octanol–water partition coefficient (Wildman–Crippen LogP) is 3.84. The van der Waals surface area contributed by atoms with Crippen LogP contribution in [-0.2, 0) is 17.6 Å². The molecule has 1 N–H and O–H groups in total. The number of methoxy groups -OCH3 is 1. The number of fused-ring (bicyclic) bond motifs is 3. The van der Waals surface area contributed by atoms with E-state index in [1.807, 2.05) is 19.1 Å². The van der Waals surface area contributed by atoms with Crippen LogP contribution < -0.4 is 4.74 Å². The average molecular weight is 363 g/mol. The first-order chi connectivity index (χ1) is 13.0. The molecule has 1 aromatic heterocycles. The van der Waals surface area contributed by atoms with Crippen LogP contribution in [0.1, 0.15) is 33.6 Å². The third kappa shape index (κ3) is 2.89. The van der Waals surface area contributed by atoms with E-state index in [-0.39, 0.29) is 5.91 Å². The number of carboxylic acid groups (broad SMARTS) is 1. The third-order valence-electron chi connectivity index (χ3n) is 5.41. The number of nitrogens with zero attached hydrogens (tertiary/aromatic N) is 1. The predicted molar refractivity (Wildman–Crippen MR) is 103 cm³/mol. The minimum absolute atomic E-state index is 0.0958. The lowest BCUT2D eigenvalue weighted by Gasteiger charge is -2.20. The minimum atomic E-state index is -0.768. The van der Waals surface area contributed by atoms with Crippen molar-refractivity contribution >= 4 is 22.8 Å². The van der Waals surface area contributed by atoms with Gasteiger partial charge >= 0.3 is 5.97 Å². The highest BCUT2D eigenvalue weighted by molar-refractivity contribution is 6.04. The molecule has 2 aromatic carbocycles. The van der Waals surface area contributed by atoms with Crippen LogP contribution in [0.5, 0.6) is 5.75 Å². The summed E-state index contributed by atoms with van der Waals surface area (Å²) >= 11 is 0. The van der Waals surface area contributed by atoms with Crippen molar-refractivity contribution in [3.63, 3.8) is 0 Å². The highest BCUT2D eigenvalue weighted by atomic mass is 16.5. The van der Waals surface area contributed by atoms with Gasteiger partial charge in [0.05, 0.1) is 18.5 Å². The lowest BCUT2D eigenvalue weighted by atomic mass is 9.86. The molecule has 3 aromatic rings. The quantitative estimate of drug-likeness (QED) is 0.768. The largest absolute Gasteiger partial charge is 0.497 e. The number of hydrogen-bond donors (Lipinski definition) is 1. The molecule has 0 spiro atoms. The number of carboxylic acids is 1. The normalized spacial score (nSPS) is 16.1. The Hall–Kier alpha value is -3.08. The maximum Gasteiger partial charge on any atom is 0.306 e. The van der Waals surface area contributed by atoms with Crippen molar-refractivity contribution in [3.8, 4) is 5.75 Å². The molecule has 4 rings (SSSR count). The van der Waals surface area contributed by atoms with Crippen molar-refractivity contribution in [2.24, 2.45) is 5.92 Å². The molecule has 1 heterocycles. The second kappa shape index (κ2) is 6.58. The van der Waals surface area contributed by atoms with E-state index in [4.69, 9.17) is 4.74 Å². The van der Waals surface area contributed by atoms with Crippen LogP contribution in [0.3, 0.4) is 0 Å². The number of aromatic nitrogens is 1. The molecule has 0 bridgehead atoms. The van der Waals surface area contributed by atoms with Gasteiger partial charge in [0.1, 0.15) is 5.75 Å². The van der Waals surface area contributed by atoms with Gasteiger partial charge in [0, 0.05) is 16.6 Å². The monoisotopic (exact) mass is 363 g/mol. The van der Waals surface area contributed by atoms with E-state index in [2.05, 4.69) is 6.07 Å². The number of aryl methyl sites for hydroxylation is 1. The molecule has 1 unspecified atom stereocenters. The van der Waals surface area contributed by atoms with E-state index < -0.39 is 11.9 Å². The fourth-order valence-corrected chi connectivity index (χ4v) is 3.98. The van der Waals surface area contributed by atoms with Crippen molar-refractivity contribution < 1.29 is 19.4 Å². The molecular weight excluding hydrogens is 342 g/mol. The second-order valence-electron chi connectivity index (χ2n) is 7.09. The Morgan fingerprint density at radius 1 is 1.15 bits per heavy atom. The molecule has 1 atom stereocenters. The zero-order valence-electron chi connectivity index (χ0n) is 15.4. The van der Waals surface area contributed by atoms with E-state index in [0.29, 0.717) is 30.6 Å². The van der Waals surface area contributed by atoms with E-state index >= 15 is 0 Å². The van der Waals surface area contributed by atoms with E-state index in [9.17, 15) is 14.7 Å². The van der Waals surface area contributed by atoms with Crippen LogP contribution in [0.2, 0.25) is 0 Å². The Kier molecular flexibility index (Phi) is 4.22. The molecule has 5 heteroatoms. The highest BCUT2D eigenvalue weighted by Gasteiger charge is 2.31. The fraction of sp³-hybridized carbons (Fsp3) is 0.273. The highest BCUT2D eigenvalue weighted by Crippen LogP contribution is 2.35. The van der Waals surface area contributed by atoms with Gasteiger partial charge in [0.2, 0.25) is 0 Å². The maximum absolute atomic E-state index is 13.3. The van der Waals surface area contributed by atoms with E-state index in [1.54, 1.807) is 35.9 Å². The first-order valence-corrected chi connectivity index (χ1v) is 9.04. The Morgan fingerprint density at radius 3 is 2.56 bits per heavy atom. The van der Waals surface area contributed by atoms with Crippen molar-refractivity contribution in [2.75, 3.05) is 7.11 Å². The van der Waals surface area contributed by atoms with Gasteiger partial charge in [-0.3, -0.25) is 14.2 Å². The van der Waals surface area contributed by atoms with Gasteiger partial charge in [0.25, 0.3) is 5.91 Å². The van der Waals surface area contributed by atoms with Gasteiger partial charge in [-0.15, -0.1) is 0 Å². The van der Waals surface area contributed by atoms with E-state index in [1.165, 1.54) is 0 Å². The molecule has 27 heavy (non-hydrogen) atoms. The molecule has 1 aliphatic carbocycles. The molecule has 0 saturated carbocycles. The third-order valence-corrected chi connectivity index (χ3v) is 5.41. The van der Waals surface area contributed by atoms with Crippen molar-refractivity contribution in [1.82, 2.24) is 4.57 Å². The summed E-state index contributed by atoms with van der Waals surface area (Å²) in [5.74, 6) is -0.559. The molecule has 0 saturated heterocycles. The van der Waals surface area contributed by atoms with Crippen molar-refractivity contribution in [3.05, 3.63) is 64.8 Å². The maximum atomic E-state index is 13.3. The molecular formula is C22H21NO4. The summed E-state index contributed by atoms with van der Waals surface area (Å²) in [6.07, 6.45) is 1.60. The summed E-state index contributed by atoms with van der Waals surface area (Å²) in [7, 11) is 1.59. The lowest BCUT2D eigenvalue weighted by Crippen LogP contribution is -2.24. The van der Waals surface area contributed by atoms with Gasteiger partial charge < -0.3 is 9.84 Å². The van der Waals surface area contributed by atoms with Crippen LogP contribution in [0.15, 0.2) is 42.5 Å². The summed E-state index contributed by atoms with van der Waals surface area (Å²) in [5, 5.41) is 10.4. The Labute approximate surface area is 157 Å². The standard InChI is InChI=1S/C22H21NO4/c1-13-3-9-19-17(11-13)18-12-15(22(25)26)6-10-20(18)23(19)21(24)14-4-7-16(27-2)8-5-14/h3-5,7-9,11,15H,6,10,12H2,1-2H3,(H,25,26). The first-order valence-electron chi connectivity index (χ1n) is 9.04. The molecule has 0 amide bonds. The number of benzene rings is 2. The van der Waals surface area contributed by atoms with E-state index in [0.717, 1.165) is 27.7 Å². The minimum Gasteiger partial charge on any atom is -0.497 e. The zero-order chi connectivity index (χ0) is 19.1. The number of carbonyl (C=O) groups excluding carboxylic acids is 1. The summed E-state index contributed by atoms with van der Waals surface area (Å²) in [6.45, 7) is 2.01. The number of ether oxygens (including phenoxy) is 1. The number of carbonyl (C=O) groups is 2. The first kappa shape index (κ1) is 17.3. The van der Waals surface area contributed by atoms with Gasteiger partial charge in [-0.05, 0) is 68.1 Å². The summed E-state index contributed by atoms with van der Waals surface area (Å²) in [4.78, 5) is 24.8. The van der Waals surface area contributed by atoms with Crippen LogP contribution >= 0.6 is 0 Å². The Morgan fingerprint density at radius 2 is 1.89 bits per heavy atom. The fourth-order valence-electron chi connectivity index (χ4n) is 3.98. The Bertz CT molecular complexity index is 1050. The molecule has 5 nitrogen and oxygen atoms in total. The number of rotatable bonds is 3. The Balaban J connectivity index is 1.88. The van der Waals surface area contributed by atoms with Gasteiger partial charge in [-0.25, -0.2) is 0 Å². The van der Waals surface area contributed by atoms with Crippen LogP contribution in [0.4, 0.5) is 0 Å². The molecule has 0 radical (unpaired) electrons. The number of hydrogen-bond acceptors (Lipinski definition) is 3. The van der Waals surface area contributed by atoms with Crippen LogP contribution in [-0.4, -0.2) is 28.7 Å². The second-order valence-corrected chi connectivity index (χ2v) is 7.09. The number of aliphatic carboxylic acids is 1. The average Bonchev–Trinajstić information content (AvgIpc) is 3.00. The van der Waals surface area contributed by atoms with Crippen molar-refractivity contribution in [1.29, 1.82) is 0 Å². The molecule has 1 aliphatic rings. The summed E-state index contributed by atoms with van der Waals surface area (Å²) in [5.41, 5.74) is 4.45. The topological polar surface area (TPSA) is 68.5 Å². The van der Waals surface area contributed by atoms with Crippen LogP contribution in [0, 0.1) is 12.8 Å². The molecule has 0 aliphatic heterocycles. The lowest BCUT2D eigenvalue weighted by molar-refractivity contribution is -0.142. The summed E-state index contributed by atoms with van der Waals surface area (Å²) in [6, 6.07) is 13.1. The summed E-state index contributed by atoms with van der Waals surface area (Å²) < 4.78 is 6.94. The zero-order valence-corrected chi connectivity index (χ0v) is 15.4. The van der Waals surface area contributed by atoms with Crippen molar-refractivity contribution in [2.45, 2.75) is 26.2 Å². The molecule has 138 valence electrons. The molecule has 0 fully saturated rings. The van der Waals surface area contributed by atoms with Crippen LogP contribution in [0.25, 0.3) is 10.9 Å². The van der Waals surface area contributed by atoms with Gasteiger partial charge in [-0.2, -0.15) is 0 Å². The van der Waals surface area contributed by atoms with Gasteiger partial charge in [-0.1, -0.05) is 11.6 Å².